The summed E-state index contributed by atoms with van der Waals surface area (Å²) < 4.78 is 1.75. The van der Waals surface area contributed by atoms with Gasteiger partial charge in [0.15, 0.2) is 0 Å². The van der Waals surface area contributed by atoms with Crippen molar-refractivity contribution in [2.75, 3.05) is 11.9 Å². The first-order valence-corrected chi connectivity index (χ1v) is 9.17. The molecule has 0 fully saturated rings. The Morgan fingerprint density at radius 2 is 2.25 bits per heavy atom. The van der Waals surface area contributed by atoms with Crippen LogP contribution < -0.4 is 5.32 Å². The minimum Gasteiger partial charge on any atom is -0.354 e. The highest BCUT2D eigenvalue weighted by atomic mass is 35.5. The summed E-state index contributed by atoms with van der Waals surface area (Å²) in [5, 5.41) is 16.5. The molecule has 8 nitrogen and oxygen atoms in total. The van der Waals surface area contributed by atoms with Crippen molar-refractivity contribution >= 4 is 34.8 Å². The lowest BCUT2D eigenvalue weighted by Gasteiger charge is -2.08. The van der Waals surface area contributed by atoms with Crippen LogP contribution in [0, 0.1) is 11.3 Å². The third-order valence-corrected chi connectivity index (χ3v) is 4.69. The number of halogens is 1. The van der Waals surface area contributed by atoms with Crippen molar-refractivity contribution in [2.24, 2.45) is 13.0 Å². The molecule has 0 aliphatic rings. The predicted octanol–water partition coefficient (Wildman–Crippen LogP) is 3.77. The van der Waals surface area contributed by atoms with E-state index in [2.05, 4.69) is 30.4 Å². The molecule has 142 valence electrons. The number of hydrogen-bond donors (Lipinski definition) is 3. The van der Waals surface area contributed by atoms with Crippen molar-refractivity contribution in [3.05, 3.63) is 41.9 Å². The fraction of sp³-hybridized carbons (Fsp3) is 0.211. The number of anilines is 1. The third kappa shape index (κ3) is 3.46. The molecule has 0 saturated carbocycles. The van der Waals surface area contributed by atoms with Gasteiger partial charge in [0.2, 0.25) is 5.95 Å². The number of aromatic amines is 1. The molecule has 0 aliphatic heterocycles. The molecule has 9 heteroatoms. The summed E-state index contributed by atoms with van der Waals surface area (Å²) in [6.07, 6.45) is 8.52. The van der Waals surface area contributed by atoms with E-state index in [0.29, 0.717) is 17.5 Å². The summed E-state index contributed by atoms with van der Waals surface area (Å²) >= 11 is 6.25. The van der Waals surface area contributed by atoms with E-state index >= 15 is 0 Å². The fourth-order valence-electron chi connectivity index (χ4n) is 2.90. The SMILES string of the molecule is C[C@H](C=N)CNc1nccc(-c2cn(C)nc2-c2cnc3[nH]cc(Cl)c3c2)n1. The molecular weight excluding hydrogens is 376 g/mol. The van der Waals surface area contributed by atoms with Crippen LogP contribution in [0.25, 0.3) is 33.5 Å². The Kier molecular flexibility index (Phi) is 4.79. The van der Waals surface area contributed by atoms with Crippen molar-refractivity contribution in [3.8, 4) is 22.5 Å². The number of nitrogens with one attached hydrogen (secondary N) is 3. The zero-order valence-corrected chi connectivity index (χ0v) is 16.2. The van der Waals surface area contributed by atoms with Gasteiger partial charge in [0.1, 0.15) is 11.3 Å². The number of aryl methyl sites for hydroxylation is 1. The van der Waals surface area contributed by atoms with E-state index in [1.807, 2.05) is 32.3 Å². The van der Waals surface area contributed by atoms with Gasteiger partial charge in [-0.1, -0.05) is 18.5 Å². The first-order valence-electron chi connectivity index (χ1n) is 8.79. The first-order chi connectivity index (χ1) is 13.5. The standard InChI is InChI=1S/C19H19ClN8/c1-11(6-21)7-25-19-22-4-3-16(26-19)14-10-28(2)27-17(14)12-5-13-15(20)9-24-18(13)23-8-12/h3-6,8-11,21H,7H2,1-2H3,(H,23,24)(H,22,25,26)/t11-/m1/s1. The van der Waals surface area contributed by atoms with Gasteiger partial charge in [0.05, 0.1) is 10.7 Å². The van der Waals surface area contributed by atoms with Gasteiger partial charge < -0.3 is 15.7 Å². The third-order valence-electron chi connectivity index (χ3n) is 4.38. The normalized spacial score (nSPS) is 12.2. The Labute approximate surface area is 166 Å². The molecule has 1 atom stereocenters. The monoisotopic (exact) mass is 394 g/mol. The molecule has 0 spiro atoms. The number of H-pyrrole nitrogens is 1. The molecule has 4 rings (SSSR count). The van der Waals surface area contributed by atoms with E-state index in [1.165, 1.54) is 6.21 Å². The Hall–Kier alpha value is -3.26. The Morgan fingerprint density at radius 3 is 3.07 bits per heavy atom. The summed E-state index contributed by atoms with van der Waals surface area (Å²) in [4.78, 5) is 16.4. The molecule has 0 saturated heterocycles. The first kappa shape index (κ1) is 18.1. The summed E-state index contributed by atoms with van der Waals surface area (Å²) in [7, 11) is 1.87. The maximum Gasteiger partial charge on any atom is 0.223 e. The van der Waals surface area contributed by atoms with Gasteiger partial charge in [-0.2, -0.15) is 5.10 Å². The highest BCUT2D eigenvalue weighted by Crippen LogP contribution is 2.32. The van der Waals surface area contributed by atoms with Crippen LogP contribution in [-0.2, 0) is 7.05 Å². The van der Waals surface area contributed by atoms with E-state index in [9.17, 15) is 0 Å². The molecule has 4 aromatic rings. The van der Waals surface area contributed by atoms with E-state index in [1.54, 1.807) is 23.3 Å². The largest absolute Gasteiger partial charge is 0.354 e. The number of hydrogen-bond acceptors (Lipinski definition) is 6. The van der Waals surface area contributed by atoms with Crippen LogP contribution in [0.3, 0.4) is 0 Å². The molecule has 0 unspecified atom stereocenters. The van der Waals surface area contributed by atoms with Gasteiger partial charge in [-0.3, -0.25) is 4.68 Å². The van der Waals surface area contributed by atoms with E-state index < -0.39 is 0 Å². The second-order valence-electron chi connectivity index (χ2n) is 6.61. The van der Waals surface area contributed by atoms with Gasteiger partial charge in [-0.05, 0) is 18.3 Å². The lowest BCUT2D eigenvalue weighted by Crippen LogP contribution is -2.13. The topological polar surface area (TPSA) is 108 Å². The zero-order valence-electron chi connectivity index (χ0n) is 15.4. The molecule has 4 heterocycles. The van der Waals surface area contributed by atoms with E-state index in [-0.39, 0.29) is 5.92 Å². The minimum absolute atomic E-state index is 0.102. The maximum absolute atomic E-state index is 7.30. The number of fused-ring (bicyclic) bond motifs is 1. The fourth-order valence-corrected chi connectivity index (χ4v) is 3.09. The molecule has 0 radical (unpaired) electrons. The van der Waals surface area contributed by atoms with Crippen molar-refractivity contribution in [1.82, 2.24) is 29.7 Å². The smallest absolute Gasteiger partial charge is 0.223 e. The quantitative estimate of drug-likeness (QED) is 0.431. The van der Waals surface area contributed by atoms with Crippen LogP contribution in [0.2, 0.25) is 5.02 Å². The Balaban J connectivity index is 1.73. The van der Waals surface area contributed by atoms with Crippen molar-refractivity contribution < 1.29 is 0 Å². The summed E-state index contributed by atoms with van der Waals surface area (Å²) in [5.41, 5.74) is 3.99. The molecule has 0 amide bonds. The molecule has 0 bridgehead atoms. The van der Waals surface area contributed by atoms with Crippen molar-refractivity contribution in [1.29, 1.82) is 5.41 Å². The number of pyridine rings is 1. The lowest BCUT2D eigenvalue weighted by atomic mass is 10.1. The average Bonchev–Trinajstić information content (AvgIpc) is 3.29. The Bertz CT molecular complexity index is 1150. The van der Waals surface area contributed by atoms with Crippen LogP contribution >= 0.6 is 11.6 Å². The van der Waals surface area contributed by atoms with Gasteiger partial charge in [0.25, 0.3) is 0 Å². The van der Waals surface area contributed by atoms with Crippen LogP contribution in [0.15, 0.2) is 36.9 Å². The number of aromatic nitrogens is 6. The number of rotatable bonds is 6. The molecular formula is C19H19ClN8. The maximum atomic E-state index is 7.30. The van der Waals surface area contributed by atoms with Gasteiger partial charge in [-0.25, -0.2) is 15.0 Å². The van der Waals surface area contributed by atoms with E-state index in [4.69, 9.17) is 17.0 Å². The summed E-state index contributed by atoms with van der Waals surface area (Å²) in [6.45, 7) is 2.55. The van der Waals surface area contributed by atoms with Crippen LogP contribution in [0.1, 0.15) is 6.92 Å². The van der Waals surface area contributed by atoms with Crippen molar-refractivity contribution in [3.63, 3.8) is 0 Å². The van der Waals surface area contributed by atoms with Crippen molar-refractivity contribution in [2.45, 2.75) is 6.92 Å². The van der Waals surface area contributed by atoms with Crippen LogP contribution in [-0.4, -0.2) is 42.5 Å². The van der Waals surface area contributed by atoms with Gasteiger partial charge >= 0.3 is 0 Å². The predicted molar refractivity (Wildman–Crippen MR) is 111 cm³/mol. The zero-order chi connectivity index (χ0) is 19.7. The molecule has 0 aromatic carbocycles. The Morgan fingerprint density at radius 1 is 1.39 bits per heavy atom. The molecule has 0 aliphatic carbocycles. The van der Waals surface area contributed by atoms with Gasteiger partial charge in [0, 0.05) is 60.8 Å². The minimum atomic E-state index is 0.102. The molecule has 28 heavy (non-hydrogen) atoms. The number of nitrogens with zero attached hydrogens (tertiary/aromatic N) is 5. The second-order valence-corrected chi connectivity index (χ2v) is 7.02. The van der Waals surface area contributed by atoms with Crippen LogP contribution in [0.5, 0.6) is 0 Å². The average molecular weight is 395 g/mol. The highest BCUT2D eigenvalue weighted by Gasteiger charge is 2.16. The molecule has 3 N–H and O–H groups in total. The second kappa shape index (κ2) is 7.40. The van der Waals surface area contributed by atoms with Crippen LogP contribution in [0.4, 0.5) is 5.95 Å². The summed E-state index contributed by atoms with van der Waals surface area (Å²) in [5.74, 6) is 0.619. The molecule has 4 aromatic heterocycles. The van der Waals surface area contributed by atoms with E-state index in [0.717, 1.165) is 33.5 Å². The summed E-state index contributed by atoms with van der Waals surface area (Å²) in [6, 6.07) is 3.82. The lowest BCUT2D eigenvalue weighted by molar-refractivity contribution is 0.771. The highest BCUT2D eigenvalue weighted by molar-refractivity contribution is 6.35. The van der Waals surface area contributed by atoms with Gasteiger partial charge in [-0.15, -0.1) is 0 Å².